The van der Waals surface area contributed by atoms with Crippen LogP contribution in [0.3, 0.4) is 0 Å². The molecule has 1 rings (SSSR count). The molecule has 4 nitrogen and oxygen atoms in total. The molecule has 1 saturated heterocycles. The van der Waals surface area contributed by atoms with Gasteiger partial charge >= 0.3 is 7.12 Å². The maximum atomic E-state index is 8.35. The predicted molar refractivity (Wildman–Crippen MR) is 111 cm³/mol. The van der Waals surface area contributed by atoms with Crippen molar-refractivity contribution in [3.63, 3.8) is 0 Å². The third-order valence-electron chi connectivity index (χ3n) is 6.39. The molecule has 1 atom stereocenters. The number of isocyanates is 1. The van der Waals surface area contributed by atoms with E-state index >= 15 is 0 Å². The zero-order valence-electron chi connectivity index (χ0n) is 18.1. The molecule has 0 amide bonds. The smallest absolute Gasteiger partial charge is 0.403 e. The molecule has 0 aromatic carbocycles. The molecule has 0 bridgehead atoms. The first-order chi connectivity index (χ1) is 11.8. The first-order valence-corrected chi connectivity index (χ1v) is 10.3. The lowest BCUT2D eigenvalue weighted by Gasteiger charge is -2.42. The van der Waals surface area contributed by atoms with Gasteiger partial charge < -0.3 is 9.31 Å². The Morgan fingerprint density at radius 1 is 0.962 bits per heavy atom. The molecule has 0 aliphatic carbocycles. The molecule has 1 heterocycles. The van der Waals surface area contributed by atoms with E-state index in [1.807, 2.05) is 0 Å². The molecule has 0 spiro atoms. The third kappa shape index (κ3) is 7.35. The van der Waals surface area contributed by atoms with E-state index in [0.717, 1.165) is 31.1 Å². The van der Waals surface area contributed by atoms with E-state index in [9.17, 15) is 0 Å². The van der Waals surface area contributed by atoms with Crippen LogP contribution in [0.25, 0.3) is 0 Å². The molecule has 0 radical (unpaired) electrons. The Bertz CT molecular complexity index is 440. The molecule has 152 valence electrons. The van der Waals surface area contributed by atoms with Crippen LogP contribution in [0, 0.1) is 16.2 Å². The van der Waals surface area contributed by atoms with Crippen molar-refractivity contribution in [2.45, 2.75) is 105 Å². The summed E-state index contributed by atoms with van der Waals surface area (Å²) >= 11 is 5.93. The fourth-order valence-corrected chi connectivity index (χ4v) is 3.37. The minimum absolute atomic E-state index is 0.0521. The lowest BCUT2D eigenvalue weighted by molar-refractivity contribution is 0.00578. The van der Waals surface area contributed by atoms with E-state index in [0.29, 0.717) is 10.8 Å². The van der Waals surface area contributed by atoms with Crippen LogP contribution in [-0.2, 0) is 14.1 Å². The van der Waals surface area contributed by atoms with Crippen LogP contribution in [-0.4, -0.2) is 30.3 Å². The van der Waals surface area contributed by atoms with Crippen molar-refractivity contribution in [3.8, 4) is 0 Å². The van der Waals surface area contributed by atoms with Crippen molar-refractivity contribution >= 4 is 24.8 Å². The zero-order valence-corrected chi connectivity index (χ0v) is 18.9. The van der Waals surface area contributed by atoms with Crippen molar-refractivity contribution in [1.82, 2.24) is 0 Å². The average molecular weight is 388 g/mol. The molecule has 1 aliphatic rings. The van der Waals surface area contributed by atoms with Gasteiger partial charge in [0.25, 0.3) is 0 Å². The molecular formula is C20H39BClNO3. The van der Waals surface area contributed by atoms with Crippen molar-refractivity contribution in [2.24, 2.45) is 10.8 Å². The van der Waals surface area contributed by atoms with Crippen LogP contribution in [0.5, 0.6) is 0 Å². The minimum Gasteiger partial charge on any atom is -0.403 e. The van der Waals surface area contributed by atoms with Crippen LogP contribution in [0.1, 0.15) is 87.5 Å². The monoisotopic (exact) mass is 387 g/mol. The Morgan fingerprint density at radius 3 is 1.77 bits per heavy atom. The van der Waals surface area contributed by atoms with Gasteiger partial charge in [0.2, 0.25) is 6.08 Å². The normalized spacial score (nSPS) is 20.7. The highest BCUT2D eigenvalue weighted by molar-refractivity contribution is 6.45. The number of unbranched alkanes of at least 4 members (excludes halogenated alkanes) is 1. The summed E-state index contributed by atoms with van der Waals surface area (Å²) in [6.07, 6.45) is 7.67. The number of nitrogens with one attached hydrogen (secondary N) is 1. The van der Waals surface area contributed by atoms with Crippen molar-refractivity contribution in [3.05, 3.63) is 0 Å². The first-order valence-electron chi connectivity index (χ1n) is 9.72. The molecular weight excluding hydrogens is 348 g/mol. The molecule has 0 saturated carbocycles. The average Bonchev–Trinajstić information content (AvgIpc) is 2.69. The van der Waals surface area contributed by atoms with E-state index in [2.05, 4.69) is 55.4 Å². The van der Waals surface area contributed by atoms with Crippen LogP contribution >= 0.6 is 11.6 Å². The molecule has 1 N–H and O–H groups in total. The van der Waals surface area contributed by atoms with E-state index in [1.165, 1.54) is 19.3 Å². The van der Waals surface area contributed by atoms with E-state index in [1.54, 1.807) is 0 Å². The number of hydrogen-bond donors (Lipinski definition) is 1. The van der Waals surface area contributed by atoms with Gasteiger partial charge in [-0.1, -0.05) is 40.5 Å². The Hall–Kier alpha value is -0.345. The minimum atomic E-state index is -0.210. The van der Waals surface area contributed by atoms with Gasteiger partial charge in [-0.25, -0.2) is 10.2 Å². The van der Waals surface area contributed by atoms with Crippen LogP contribution < -0.4 is 0 Å². The second kappa shape index (κ2) is 10.3. The van der Waals surface area contributed by atoms with Gasteiger partial charge in [0.05, 0.1) is 11.2 Å². The number of halogens is 1. The number of carbonyl (C=O) groups excluding carboxylic acids is 1. The van der Waals surface area contributed by atoms with E-state index in [4.69, 9.17) is 31.1 Å². The Balaban J connectivity index is 0.00000194. The SMILES string of the molecule is CC(C)(C)C(C)(CCCCl)CCCCB1OC(C)(C)C(C)(C)O1.N=C=O. The second-order valence-electron chi connectivity index (χ2n) is 9.64. The van der Waals surface area contributed by atoms with Crippen LogP contribution in [0.15, 0.2) is 0 Å². The lowest BCUT2D eigenvalue weighted by atomic mass is 9.63. The molecule has 0 aromatic rings. The van der Waals surface area contributed by atoms with Gasteiger partial charge in [-0.2, -0.15) is 0 Å². The summed E-state index contributed by atoms with van der Waals surface area (Å²) < 4.78 is 12.2. The topological polar surface area (TPSA) is 59.4 Å². The van der Waals surface area contributed by atoms with Crippen molar-refractivity contribution in [2.75, 3.05) is 5.88 Å². The maximum absolute atomic E-state index is 8.35. The van der Waals surface area contributed by atoms with E-state index < -0.39 is 0 Å². The Morgan fingerprint density at radius 2 is 1.38 bits per heavy atom. The fourth-order valence-electron chi connectivity index (χ4n) is 3.24. The highest BCUT2D eigenvalue weighted by Crippen LogP contribution is 2.46. The summed E-state index contributed by atoms with van der Waals surface area (Å²) in [6, 6.07) is 0. The van der Waals surface area contributed by atoms with Gasteiger partial charge in [0.1, 0.15) is 0 Å². The van der Waals surface area contributed by atoms with Crippen molar-refractivity contribution < 1.29 is 14.1 Å². The first kappa shape index (κ1) is 25.7. The molecule has 0 aromatic heterocycles. The zero-order chi connectivity index (χ0) is 20.6. The Kier molecular flexibility index (Phi) is 10.1. The van der Waals surface area contributed by atoms with Gasteiger partial charge in [0.15, 0.2) is 0 Å². The van der Waals surface area contributed by atoms with Gasteiger partial charge in [0, 0.05) is 5.88 Å². The van der Waals surface area contributed by atoms with Gasteiger partial charge in [-0.05, 0) is 64.1 Å². The summed E-state index contributed by atoms with van der Waals surface area (Å²) in [4.78, 5) is 8.35. The molecule has 1 aliphatic heterocycles. The summed E-state index contributed by atoms with van der Waals surface area (Å²) in [5, 5.41) is 5.40. The highest BCUT2D eigenvalue weighted by atomic mass is 35.5. The summed E-state index contributed by atoms with van der Waals surface area (Å²) in [7, 11) is -0.0521. The predicted octanol–water partition coefficient (Wildman–Crippen LogP) is 6.22. The van der Waals surface area contributed by atoms with Crippen LogP contribution in [0.4, 0.5) is 0 Å². The largest absolute Gasteiger partial charge is 0.457 e. The molecule has 1 unspecified atom stereocenters. The standard InChI is InChI=1S/C19H38BClO2.CHNO/c1-16(2,3)19(8,13-11-15-21)12-9-10-14-20-22-17(4,5)18(6,7)23-20;2-1-3/h9-15H2,1-8H3;2H. The molecule has 6 heteroatoms. The number of hydrogen-bond acceptors (Lipinski definition) is 4. The summed E-state index contributed by atoms with van der Waals surface area (Å²) in [5.74, 6) is 0.763. The summed E-state index contributed by atoms with van der Waals surface area (Å²) in [6.45, 7) is 18.0. The van der Waals surface area contributed by atoms with Crippen molar-refractivity contribution in [1.29, 1.82) is 5.41 Å². The quantitative estimate of drug-likeness (QED) is 0.177. The van der Waals surface area contributed by atoms with E-state index in [-0.39, 0.29) is 18.3 Å². The maximum Gasteiger partial charge on any atom is 0.457 e. The number of rotatable bonds is 8. The third-order valence-corrected chi connectivity index (χ3v) is 6.66. The summed E-state index contributed by atoms with van der Waals surface area (Å²) in [5.41, 5.74) is 0.233. The molecule has 1 fully saturated rings. The second-order valence-corrected chi connectivity index (χ2v) is 10.0. The van der Waals surface area contributed by atoms with Gasteiger partial charge in [-0.15, -0.1) is 11.6 Å². The Labute approximate surface area is 166 Å². The lowest BCUT2D eigenvalue weighted by Crippen LogP contribution is -2.41. The van der Waals surface area contributed by atoms with Crippen LogP contribution in [0.2, 0.25) is 6.32 Å². The number of alkyl halides is 1. The molecule has 26 heavy (non-hydrogen) atoms. The highest BCUT2D eigenvalue weighted by Gasteiger charge is 2.50. The fraction of sp³-hybridized carbons (Fsp3) is 0.950. The van der Waals surface area contributed by atoms with Gasteiger partial charge in [-0.3, -0.25) is 0 Å².